The second-order valence-corrected chi connectivity index (χ2v) is 4.18. The van der Waals surface area contributed by atoms with Gasteiger partial charge in [-0.05, 0) is 19.8 Å². The Morgan fingerprint density at radius 1 is 1.47 bits per heavy atom. The quantitative estimate of drug-likeness (QED) is 0.752. The van der Waals surface area contributed by atoms with Gasteiger partial charge in [-0.25, -0.2) is 0 Å². The van der Waals surface area contributed by atoms with Gasteiger partial charge in [0.15, 0.2) is 0 Å². The molecule has 1 fully saturated rings. The van der Waals surface area contributed by atoms with Gasteiger partial charge in [-0.3, -0.25) is 4.68 Å². The highest BCUT2D eigenvalue weighted by atomic mass is 16.5. The molecule has 3 rings (SSSR count). The molecule has 0 N–H and O–H groups in total. The Bertz CT molecular complexity index is 494. The van der Waals surface area contributed by atoms with E-state index in [1.165, 1.54) is 12.8 Å². The van der Waals surface area contributed by atoms with Crippen molar-refractivity contribution in [3.8, 4) is 11.1 Å². The van der Waals surface area contributed by atoms with Crippen LogP contribution >= 0.6 is 0 Å². The molecule has 0 spiro atoms. The first kappa shape index (κ1) is 8.71. The van der Waals surface area contributed by atoms with Crippen LogP contribution < -0.4 is 0 Å². The minimum absolute atomic E-state index is 0.585. The first-order valence-corrected chi connectivity index (χ1v) is 5.21. The fraction of sp³-hybridized carbons (Fsp3) is 0.455. The van der Waals surface area contributed by atoms with Crippen LogP contribution in [0.3, 0.4) is 0 Å². The molecule has 0 unspecified atom stereocenters. The molecule has 78 valence electrons. The van der Waals surface area contributed by atoms with Crippen molar-refractivity contribution in [2.75, 3.05) is 0 Å². The van der Waals surface area contributed by atoms with E-state index >= 15 is 0 Å². The maximum absolute atomic E-state index is 5.40. The van der Waals surface area contributed by atoms with E-state index in [9.17, 15) is 0 Å². The van der Waals surface area contributed by atoms with E-state index in [1.54, 1.807) is 4.68 Å². The van der Waals surface area contributed by atoms with Gasteiger partial charge in [0.25, 0.3) is 0 Å². The number of hydrogen-bond donors (Lipinski definition) is 0. The number of aryl methyl sites for hydroxylation is 2. The Morgan fingerprint density at radius 3 is 2.87 bits per heavy atom. The van der Waals surface area contributed by atoms with Gasteiger partial charge in [0.2, 0.25) is 0 Å². The summed E-state index contributed by atoms with van der Waals surface area (Å²) in [4.78, 5) is 0. The van der Waals surface area contributed by atoms with Gasteiger partial charge in [0.1, 0.15) is 5.76 Å². The van der Waals surface area contributed by atoms with Crippen LogP contribution in [-0.2, 0) is 7.05 Å². The first-order valence-electron chi connectivity index (χ1n) is 5.21. The second-order valence-electron chi connectivity index (χ2n) is 4.18. The van der Waals surface area contributed by atoms with Gasteiger partial charge in [0, 0.05) is 24.7 Å². The predicted molar refractivity (Wildman–Crippen MR) is 55.4 cm³/mol. The number of aromatic nitrogens is 3. The minimum atomic E-state index is 0.585. The summed E-state index contributed by atoms with van der Waals surface area (Å²) in [6.07, 6.45) is 6.32. The normalized spacial score (nSPS) is 15.9. The largest absolute Gasteiger partial charge is 0.360 e. The monoisotopic (exact) mass is 203 g/mol. The van der Waals surface area contributed by atoms with E-state index in [4.69, 9.17) is 4.52 Å². The Kier molecular flexibility index (Phi) is 1.71. The summed E-state index contributed by atoms with van der Waals surface area (Å²) in [5.41, 5.74) is 3.22. The Labute approximate surface area is 87.9 Å². The third-order valence-electron chi connectivity index (χ3n) is 2.83. The highest BCUT2D eigenvalue weighted by molar-refractivity contribution is 5.67. The van der Waals surface area contributed by atoms with Crippen molar-refractivity contribution in [1.29, 1.82) is 0 Å². The molecule has 2 aromatic heterocycles. The van der Waals surface area contributed by atoms with Gasteiger partial charge in [0.05, 0.1) is 17.5 Å². The molecule has 0 saturated heterocycles. The van der Waals surface area contributed by atoms with E-state index in [-0.39, 0.29) is 0 Å². The van der Waals surface area contributed by atoms with Crippen molar-refractivity contribution < 1.29 is 4.52 Å². The van der Waals surface area contributed by atoms with Crippen molar-refractivity contribution in [3.05, 3.63) is 23.8 Å². The summed E-state index contributed by atoms with van der Waals surface area (Å²) in [7, 11) is 1.92. The Hall–Kier alpha value is -1.58. The van der Waals surface area contributed by atoms with Crippen molar-refractivity contribution in [2.45, 2.75) is 25.7 Å². The predicted octanol–water partition coefficient (Wildman–Crippen LogP) is 2.26. The van der Waals surface area contributed by atoms with Crippen molar-refractivity contribution in [3.63, 3.8) is 0 Å². The van der Waals surface area contributed by atoms with Gasteiger partial charge in [-0.15, -0.1) is 0 Å². The number of nitrogens with zero attached hydrogens (tertiary/aromatic N) is 3. The van der Waals surface area contributed by atoms with Crippen LogP contribution in [0.25, 0.3) is 11.1 Å². The van der Waals surface area contributed by atoms with E-state index in [2.05, 4.69) is 10.3 Å². The Balaban J connectivity index is 2.12. The second kappa shape index (κ2) is 2.95. The molecule has 2 heterocycles. The van der Waals surface area contributed by atoms with Crippen molar-refractivity contribution in [2.24, 2.45) is 7.05 Å². The zero-order valence-corrected chi connectivity index (χ0v) is 8.90. The van der Waals surface area contributed by atoms with E-state index in [0.29, 0.717) is 5.92 Å². The molecule has 2 aromatic rings. The van der Waals surface area contributed by atoms with E-state index in [0.717, 1.165) is 22.6 Å². The maximum atomic E-state index is 5.40. The lowest BCUT2D eigenvalue weighted by atomic mass is 10.1. The minimum Gasteiger partial charge on any atom is -0.360 e. The highest BCUT2D eigenvalue weighted by Crippen LogP contribution is 2.45. The number of rotatable bonds is 2. The topological polar surface area (TPSA) is 43.9 Å². The zero-order valence-electron chi connectivity index (χ0n) is 8.90. The molecular formula is C11H13N3O. The van der Waals surface area contributed by atoms with E-state index in [1.807, 2.05) is 26.4 Å². The summed E-state index contributed by atoms with van der Waals surface area (Å²) in [5, 5.41) is 8.23. The molecule has 4 heteroatoms. The van der Waals surface area contributed by atoms with Crippen LogP contribution in [0.4, 0.5) is 0 Å². The first-order chi connectivity index (χ1) is 7.25. The van der Waals surface area contributed by atoms with Crippen LogP contribution in [0, 0.1) is 6.92 Å². The molecule has 0 aromatic carbocycles. The van der Waals surface area contributed by atoms with Crippen LogP contribution in [-0.4, -0.2) is 14.9 Å². The zero-order chi connectivity index (χ0) is 10.4. The highest BCUT2D eigenvalue weighted by Gasteiger charge is 2.32. The average Bonchev–Trinajstić information content (AvgIpc) is 2.86. The van der Waals surface area contributed by atoms with Gasteiger partial charge in [-0.1, -0.05) is 5.16 Å². The molecule has 1 aliphatic carbocycles. The maximum Gasteiger partial charge on any atom is 0.147 e. The third-order valence-corrected chi connectivity index (χ3v) is 2.83. The lowest BCUT2D eigenvalue weighted by Gasteiger charge is -1.96. The molecule has 0 amide bonds. The van der Waals surface area contributed by atoms with Gasteiger partial charge >= 0.3 is 0 Å². The van der Waals surface area contributed by atoms with Crippen LogP contribution in [0.2, 0.25) is 0 Å². The third kappa shape index (κ3) is 1.37. The SMILES string of the molecule is Cc1noc(C2CC2)c1-c1cnn(C)c1. The van der Waals surface area contributed by atoms with Gasteiger partial charge < -0.3 is 4.52 Å². The molecule has 15 heavy (non-hydrogen) atoms. The molecule has 1 saturated carbocycles. The summed E-state index contributed by atoms with van der Waals surface area (Å²) >= 11 is 0. The standard InChI is InChI=1S/C11H13N3O/c1-7-10(9-5-12-14(2)6-9)11(15-13-7)8-3-4-8/h5-6,8H,3-4H2,1-2H3. The van der Waals surface area contributed by atoms with Crippen LogP contribution in [0.5, 0.6) is 0 Å². The molecule has 4 nitrogen and oxygen atoms in total. The van der Waals surface area contributed by atoms with Crippen molar-refractivity contribution in [1.82, 2.24) is 14.9 Å². The molecular weight excluding hydrogens is 190 g/mol. The summed E-state index contributed by atoms with van der Waals surface area (Å²) in [6.45, 7) is 1.98. The summed E-state index contributed by atoms with van der Waals surface area (Å²) < 4.78 is 7.20. The summed E-state index contributed by atoms with van der Waals surface area (Å²) in [6, 6.07) is 0. The Morgan fingerprint density at radius 2 is 2.27 bits per heavy atom. The number of hydrogen-bond acceptors (Lipinski definition) is 3. The smallest absolute Gasteiger partial charge is 0.147 e. The summed E-state index contributed by atoms with van der Waals surface area (Å²) in [5.74, 6) is 1.63. The fourth-order valence-corrected chi connectivity index (χ4v) is 1.91. The lowest BCUT2D eigenvalue weighted by molar-refractivity contribution is 0.381. The molecule has 0 aliphatic heterocycles. The van der Waals surface area contributed by atoms with E-state index < -0.39 is 0 Å². The lowest BCUT2D eigenvalue weighted by Crippen LogP contribution is -1.85. The van der Waals surface area contributed by atoms with Gasteiger partial charge in [-0.2, -0.15) is 5.10 Å². The van der Waals surface area contributed by atoms with Crippen LogP contribution in [0.1, 0.15) is 30.2 Å². The van der Waals surface area contributed by atoms with Crippen LogP contribution in [0.15, 0.2) is 16.9 Å². The van der Waals surface area contributed by atoms with Crippen molar-refractivity contribution >= 4 is 0 Å². The molecule has 0 bridgehead atoms. The fourth-order valence-electron chi connectivity index (χ4n) is 1.91. The average molecular weight is 203 g/mol. The molecule has 0 atom stereocenters. The molecule has 1 aliphatic rings. The molecule has 0 radical (unpaired) electrons.